The fourth-order valence-electron chi connectivity index (χ4n) is 14.9. The van der Waals surface area contributed by atoms with Gasteiger partial charge in [-0.1, -0.05) is 134 Å². The number of carbonyl (C=O) groups excluding carboxylic acids is 6. The number of benzene rings is 3. The Labute approximate surface area is 614 Å². The number of hydrogen-bond acceptors (Lipinski definition) is 12. The number of piperazine rings is 2. The number of aliphatic imine (C=N–C) groups is 1. The number of aromatic nitrogens is 3. The van der Waals surface area contributed by atoms with E-state index in [1.165, 1.54) is 74.2 Å². The molecule has 7 aliphatic rings. The van der Waals surface area contributed by atoms with Crippen LogP contribution < -0.4 is 16.4 Å². The quantitative estimate of drug-likeness (QED) is 0.0696. The highest BCUT2D eigenvalue weighted by Gasteiger charge is 2.53. The second-order valence-corrected chi connectivity index (χ2v) is 29.2. The van der Waals surface area contributed by atoms with Crippen molar-refractivity contribution >= 4 is 87.7 Å². The van der Waals surface area contributed by atoms with E-state index in [-0.39, 0.29) is 96.9 Å². The fourth-order valence-corrected chi connectivity index (χ4v) is 15.9. The number of fused-ring (bicyclic) bond motifs is 2. The number of amidine groups is 1. The summed E-state index contributed by atoms with van der Waals surface area (Å²) in [7, 11) is 0. The molecule has 538 valence electrons. The summed E-state index contributed by atoms with van der Waals surface area (Å²) in [6.07, 6.45) is 15.8. The summed E-state index contributed by atoms with van der Waals surface area (Å²) < 4.78 is 42.7. The summed E-state index contributed by atoms with van der Waals surface area (Å²) in [5, 5.41) is 14.8. The maximum atomic E-state index is 14.8. The predicted molar refractivity (Wildman–Crippen MR) is 393 cm³/mol. The molecule has 0 radical (unpaired) electrons. The van der Waals surface area contributed by atoms with Gasteiger partial charge in [-0.05, 0) is 171 Å². The molecule has 3 aromatic heterocycles. The lowest BCUT2D eigenvalue weighted by molar-refractivity contribution is -0.131. The third-order valence-corrected chi connectivity index (χ3v) is 22.1. The van der Waals surface area contributed by atoms with E-state index < -0.39 is 40.1 Å². The number of primary amides is 1. The smallest absolute Gasteiger partial charge is 0.259 e. The average Bonchev–Trinajstić information content (AvgIpc) is 1.01. The number of pyridine rings is 3. The van der Waals surface area contributed by atoms with Gasteiger partial charge in [0.2, 0.25) is 17.7 Å². The number of hydrogen-bond donors (Lipinski definition) is 3. The van der Waals surface area contributed by atoms with E-state index in [0.29, 0.717) is 69.7 Å². The molecular weight excluding hydrogens is 1390 g/mol. The van der Waals surface area contributed by atoms with Crippen LogP contribution in [-0.4, -0.2) is 121 Å². The molecule has 0 bridgehead atoms. The number of halogens is 7. The first-order valence-corrected chi connectivity index (χ1v) is 36.2. The Morgan fingerprint density at radius 2 is 1.06 bits per heavy atom. The van der Waals surface area contributed by atoms with Gasteiger partial charge >= 0.3 is 0 Å². The molecule has 4 aliphatic heterocycles. The van der Waals surface area contributed by atoms with E-state index in [9.17, 15) is 41.9 Å². The lowest BCUT2D eigenvalue weighted by Gasteiger charge is -2.47. The number of amides is 6. The molecule has 24 heteroatoms. The van der Waals surface area contributed by atoms with Gasteiger partial charge in [0.15, 0.2) is 0 Å². The molecule has 3 aliphatic carbocycles. The number of nitrogens with two attached hydrogens (primary N) is 1. The van der Waals surface area contributed by atoms with E-state index in [1.807, 2.05) is 46.4 Å². The summed E-state index contributed by atoms with van der Waals surface area (Å²) in [5.41, 5.74) is 6.82. The first-order chi connectivity index (χ1) is 48.6. The van der Waals surface area contributed by atoms with Crippen LogP contribution in [0.5, 0.6) is 0 Å². The van der Waals surface area contributed by atoms with Crippen LogP contribution >= 0.6 is 46.4 Å². The molecule has 2 saturated heterocycles. The van der Waals surface area contributed by atoms with Crippen molar-refractivity contribution in [2.75, 3.05) is 26.2 Å². The summed E-state index contributed by atoms with van der Waals surface area (Å²) in [5.74, 6) is -1.49. The van der Waals surface area contributed by atoms with Gasteiger partial charge in [-0.15, -0.1) is 0 Å². The van der Waals surface area contributed by atoms with Gasteiger partial charge in [0.25, 0.3) is 17.7 Å². The Morgan fingerprint density at radius 1 is 0.618 bits per heavy atom. The summed E-state index contributed by atoms with van der Waals surface area (Å²) in [6.45, 7) is 23.6. The fraction of sp³-hybridized carbons (Fsp3) is 0.423. The van der Waals surface area contributed by atoms with Crippen molar-refractivity contribution in [2.24, 2.45) is 34.4 Å². The van der Waals surface area contributed by atoms with E-state index in [2.05, 4.69) is 56.6 Å². The minimum Gasteiger partial charge on any atom is -0.366 e. The summed E-state index contributed by atoms with van der Waals surface area (Å²) >= 11 is 24.8. The topological polar surface area (TPSA) is 237 Å². The maximum Gasteiger partial charge on any atom is 0.259 e. The molecule has 17 nitrogen and oxygen atoms in total. The zero-order valence-corrected chi connectivity index (χ0v) is 61.4. The van der Waals surface area contributed by atoms with Crippen molar-refractivity contribution < 1.29 is 41.9 Å². The van der Waals surface area contributed by atoms with Crippen LogP contribution in [0, 0.1) is 52.5 Å². The van der Waals surface area contributed by atoms with E-state index in [0.717, 1.165) is 70.4 Å². The predicted octanol–water partition coefficient (Wildman–Crippen LogP) is 15.7. The van der Waals surface area contributed by atoms with Gasteiger partial charge < -0.3 is 25.8 Å². The first kappa shape index (κ1) is 77.8. The standard InChI is InChI=1S/C29H32ClFN4O2.C20H18ClFN2O2.C12H7Cl2FN2O.C9H16N2O.C8H13N/c1-5-24(36)34-15-18(3)35(16-17(34)2)27-21-14-22(30)25(20-12-8-9-13-23(20)31)32-26(21)29(4,28(37)33-27)19-10-6-7-11-19;1-20(11-6-2-3-7-11)17-13(18(25)24-19(20)26)10-14(21)16(23-17)12-8-4-5-9-15(12)22;13-8-5-7(12(16)18)11(14)17-10(8)6-3-1-2-4-9(6)15;1-4-9(12)11-6-7(2)10-5-8(11)3;1-7(6-9)8-4-2-3-5-8/h5,8-9,12-14,17-19H,1,6-7,10-11,15-16H2,2-4H3;4-5,8-11H,2-3,6-7H2,1H3,(H,24,25,26);1-5H,(H2,16,18);4,7-8,10H,1,5-6H2,2-3H3;7-8H,2-5H2,1H3/t17-,18+,29?;;;7-,8+;/m1..0./s1. The van der Waals surface area contributed by atoms with Crippen molar-refractivity contribution in [2.45, 2.75) is 161 Å². The molecule has 7 heterocycles. The lowest BCUT2D eigenvalue weighted by Crippen LogP contribution is -2.60. The van der Waals surface area contributed by atoms with Gasteiger partial charge in [0, 0.05) is 78.5 Å². The molecular formula is C78H86Cl4F3N11O6. The Hall–Kier alpha value is -8.32. The molecule has 3 saturated carbocycles. The molecule has 6 aromatic rings. The second-order valence-electron chi connectivity index (χ2n) is 27.6. The molecule has 6 amide bonds. The number of nitrogens with zero attached hydrogens (tertiary/aromatic N) is 8. The maximum absolute atomic E-state index is 14.8. The molecule has 0 spiro atoms. The van der Waals surface area contributed by atoms with Crippen LogP contribution in [0.25, 0.3) is 33.8 Å². The van der Waals surface area contributed by atoms with Crippen molar-refractivity contribution in [3.8, 4) is 39.8 Å². The van der Waals surface area contributed by atoms with Crippen LogP contribution in [-0.2, 0) is 30.0 Å². The van der Waals surface area contributed by atoms with Gasteiger partial charge in [0.05, 0.1) is 71.6 Å². The molecule has 7 atom stereocenters. The second kappa shape index (κ2) is 33.9. The van der Waals surface area contributed by atoms with Crippen LogP contribution in [0.2, 0.25) is 20.2 Å². The molecule has 3 unspecified atom stereocenters. The van der Waals surface area contributed by atoms with E-state index >= 15 is 0 Å². The third kappa shape index (κ3) is 16.7. The number of nitrogens with one attached hydrogen (secondary N) is 2. The SMILES string of the molecule is C=CC(=O)N1C[C@H](C)N(C2=NC(=O)C(C)(C3CCCC3)c3nc(-c4ccccc4F)c(Cl)cc32)C[C@H]1C.C=CC(=O)N1C[C@H](C)NC[C@H]1C.CC(C#N)C1CCCC1.CC1(C2CCCC2)C(=O)NC(=O)c2cc(Cl)c(-c3ccccc3F)nc21.NC(=O)c1cc(Cl)c(-c2ccccc2F)nc1Cl. The number of carbonyl (C=O) groups is 6. The highest BCUT2D eigenvalue weighted by atomic mass is 35.5. The largest absolute Gasteiger partial charge is 0.366 e. The van der Waals surface area contributed by atoms with Crippen LogP contribution in [0.4, 0.5) is 13.2 Å². The Balaban J connectivity index is 0.000000162. The average molecular weight is 1470 g/mol. The minimum absolute atomic E-state index is 0.00163. The van der Waals surface area contributed by atoms with E-state index in [1.54, 1.807) is 59.5 Å². The van der Waals surface area contributed by atoms with Gasteiger partial charge in [0.1, 0.15) is 28.4 Å². The Morgan fingerprint density at radius 3 is 1.54 bits per heavy atom. The van der Waals surface area contributed by atoms with Crippen LogP contribution in [0.1, 0.15) is 163 Å². The van der Waals surface area contributed by atoms with E-state index in [4.69, 9.17) is 62.4 Å². The zero-order valence-electron chi connectivity index (χ0n) is 58.4. The van der Waals surface area contributed by atoms with Crippen LogP contribution in [0.15, 0.2) is 121 Å². The van der Waals surface area contributed by atoms with Crippen molar-refractivity contribution in [3.63, 3.8) is 0 Å². The Kier molecular flexibility index (Phi) is 25.8. The normalized spacial score (nSPS) is 22.8. The summed E-state index contributed by atoms with van der Waals surface area (Å²) in [4.78, 5) is 97.7. The van der Waals surface area contributed by atoms with Gasteiger partial charge in [-0.3, -0.25) is 34.1 Å². The molecule has 13 rings (SSSR count). The van der Waals surface area contributed by atoms with Crippen molar-refractivity contribution in [3.05, 3.63) is 182 Å². The first-order valence-electron chi connectivity index (χ1n) is 34.7. The molecule has 5 fully saturated rings. The number of nitriles is 1. The van der Waals surface area contributed by atoms with Crippen molar-refractivity contribution in [1.29, 1.82) is 5.26 Å². The Bertz CT molecular complexity index is 4270. The third-order valence-electron chi connectivity index (χ3n) is 20.9. The zero-order chi connectivity index (χ0) is 74.1. The highest BCUT2D eigenvalue weighted by molar-refractivity contribution is 6.36. The highest BCUT2D eigenvalue weighted by Crippen LogP contribution is 2.49. The molecule has 3 aromatic carbocycles. The van der Waals surface area contributed by atoms with Gasteiger partial charge in [-0.2, -0.15) is 10.3 Å². The minimum atomic E-state index is -0.926. The molecule has 4 N–H and O–H groups in total. The lowest BCUT2D eigenvalue weighted by atomic mass is 9.69. The number of imide groups is 1. The molecule has 102 heavy (non-hydrogen) atoms. The monoisotopic (exact) mass is 1470 g/mol. The van der Waals surface area contributed by atoms with Crippen LogP contribution in [0.3, 0.4) is 0 Å². The summed E-state index contributed by atoms with van der Waals surface area (Å²) in [6, 6.07) is 26.0. The number of rotatable bonds is 9. The van der Waals surface area contributed by atoms with Gasteiger partial charge in [-0.25, -0.2) is 28.1 Å². The van der Waals surface area contributed by atoms with Crippen molar-refractivity contribution in [1.82, 2.24) is 40.3 Å².